The normalized spacial score (nSPS) is 14.2. The SMILES string of the molecule is CCc1cccc(CC)c1-n1nc2c(c1-c1ccc(OC)c3[nH]ncc13)CN(c1ncc(C(F)(F)F)cn1)CC2.CCc1cccc(CC)c1-n1nc2c(c1-c1ccc(OC)c3[nH]ncc13)CNCC2.CCc1cccc(CC)c1-n1nc2c(c1Br)CN(C(=O)OC(C)(C)C)CC2.COc1ccc(B2OC(C)(C)C(C)(C)O2)c2cn[nH]c12.COc1ccc(Br)c2cn[nH]c12.Cl.FC(F)(F)c1cnc(Cl)nc1. The quantitative estimate of drug-likeness (QED) is 0.0321. The molecular weight excluding hydrogens is 1990 g/mol. The molecule has 1 saturated heterocycles. The number of fused-ring (bicyclic) bond motifs is 7. The molecule has 0 unspecified atom stereocenters. The molecule has 0 spiro atoms. The number of hydrogen-bond donors (Lipinski definition) is 5. The number of hydrogen-bond acceptors (Lipinski definition) is 21. The first-order valence-corrected chi connectivity index (χ1v) is 48.2. The standard InChI is InChI=1S/C29H28F3N7O.C24H27N5O.C21H28BrN3O2.C14H19BN2O3.C8H7BrN2O.C5H2ClF3N2.ClH/c1-4-17-7-6-8-18(5-2)26(17)39-27(20-9-10-24(40-3)25-21(20)15-35-36-25)22-16-38(12-11-23(22)37-39)28-33-13-19(14-34-28)29(30,31)32;1-4-15-7-6-8-16(5-2)23(15)29-24(19-13-25-12-11-20(19)28-29)17-9-10-21(30-3)22-18(17)14-26-27-22;1-6-14-9-8-10-15(7-2)18(14)25-19(22)16-13-24(12-11-17(16)23-25)20(26)27-21(3,4)5;1-13(2)14(3,4)20-15(19-13)10-6-7-11(18-5)12-9(10)8-16-17-12;1-12-7-3-2-6(9)5-4-10-11-8(5)7;6-4-10-1-3(2-11-4)5(7,8)9;/h6-10,13-15H,4-5,11-12,16H2,1-3H3,(H,35,36);6-10,14,25H,4-5,11-13H2,1-3H3,(H,26,27);8-10H,6-7,11-13H2,1-5H3;6-8H,1-5H3,(H,16,17);2-4H,1H3,(H,10,11);1-2H;1H. The molecule has 0 aliphatic carbocycles. The average molecular weight is 2100 g/mol. The van der Waals surface area contributed by atoms with Crippen molar-refractivity contribution in [3.05, 3.63) is 245 Å². The first-order valence-electron chi connectivity index (χ1n) is 46.2. The minimum Gasteiger partial charge on any atom is -0.494 e. The number of methoxy groups -OCH3 is 4. The maximum atomic E-state index is 13.1. The lowest BCUT2D eigenvalue weighted by Crippen LogP contribution is -2.41. The summed E-state index contributed by atoms with van der Waals surface area (Å²) in [6.45, 7) is 30.7. The fourth-order valence-electron chi connectivity index (χ4n) is 17.5. The number of benzene rings is 7. The molecule has 0 atom stereocenters. The van der Waals surface area contributed by atoms with Crippen LogP contribution in [0.2, 0.25) is 5.28 Å². The number of para-hydroxylation sites is 3. The number of aryl methyl sites for hydroxylation is 6. The molecule has 742 valence electrons. The van der Waals surface area contributed by atoms with Gasteiger partial charge in [0, 0.05) is 131 Å². The zero-order valence-electron chi connectivity index (χ0n) is 81.3. The Morgan fingerprint density at radius 1 is 0.475 bits per heavy atom. The summed E-state index contributed by atoms with van der Waals surface area (Å²) >= 11 is 12.4. The number of carbonyl (C=O) groups excluding carboxylic acids is 1. The number of nitrogens with zero attached hydrogens (tertiary/aromatic N) is 16. The van der Waals surface area contributed by atoms with E-state index in [2.05, 4.69) is 205 Å². The predicted octanol–water partition coefficient (Wildman–Crippen LogP) is 21.9. The van der Waals surface area contributed by atoms with Gasteiger partial charge < -0.3 is 48.1 Å². The summed E-state index contributed by atoms with van der Waals surface area (Å²) in [6, 6.07) is 35.2. The molecule has 0 bridgehead atoms. The molecule has 1 fully saturated rings. The van der Waals surface area contributed by atoms with Gasteiger partial charge in [-0.3, -0.25) is 20.4 Å². The Hall–Kier alpha value is -12.5. The highest BCUT2D eigenvalue weighted by molar-refractivity contribution is 9.11. The molecule has 4 aliphatic heterocycles. The van der Waals surface area contributed by atoms with Crippen LogP contribution in [-0.4, -0.2) is 173 Å². The number of nitrogens with one attached hydrogen (secondary N) is 5. The van der Waals surface area contributed by atoms with Gasteiger partial charge in [-0.25, -0.2) is 38.8 Å². The van der Waals surface area contributed by atoms with Crippen molar-refractivity contribution in [1.29, 1.82) is 0 Å². The number of alkyl halides is 6. The number of carbonyl (C=O) groups is 1. The molecule has 0 saturated carbocycles. The van der Waals surface area contributed by atoms with Crippen LogP contribution in [-0.2, 0) is 104 Å². The van der Waals surface area contributed by atoms with Crippen LogP contribution in [0.3, 0.4) is 0 Å². The number of aromatic nitrogens is 18. The van der Waals surface area contributed by atoms with Crippen molar-refractivity contribution in [2.24, 2.45) is 0 Å². The van der Waals surface area contributed by atoms with Gasteiger partial charge in [0.1, 0.15) is 55.3 Å². The summed E-state index contributed by atoms with van der Waals surface area (Å²) in [5.41, 5.74) is 23.1. The fourth-order valence-corrected chi connectivity index (χ4v) is 18.7. The van der Waals surface area contributed by atoms with Gasteiger partial charge in [0.25, 0.3) is 0 Å². The lowest BCUT2D eigenvalue weighted by molar-refractivity contribution is -0.138. The molecule has 29 nitrogen and oxygen atoms in total. The van der Waals surface area contributed by atoms with E-state index < -0.39 is 36.2 Å². The molecule has 1 amide bonds. The van der Waals surface area contributed by atoms with E-state index in [1.165, 1.54) is 50.3 Å². The summed E-state index contributed by atoms with van der Waals surface area (Å²) in [6.07, 6.45) is 8.77. The van der Waals surface area contributed by atoms with Gasteiger partial charge in [-0.15, -0.1) is 12.4 Å². The smallest absolute Gasteiger partial charge is 0.494 e. The largest absolute Gasteiger partial charge is 0.495 e. The van der Waals surface area contributed by atoms with Crippen molar-refractivity contribution in [2.75, 3.05) is 53.0 Å². The van der Waals surface area contributed by atoms with Crippen molar-refractivity contribution < 1.29 is 64.1 Å². The van der Waals surface area contributed by atoms with Crippen LogP contribution in [0.25, 0.3) is 83.2 Å². The lowest BCUT2D eigenvalue weighted by atomic mass is 9.77. The Kier molecular flexibility index (Phi) is 32.5. The first-order chi connectivity index (χ1) is 67.0. The van der Waals surface area contributed by atoms with Crippen molar-refractivity contribution >= 4 is 124 Å². The Balaban J connectivity index is 0.000000141. The average Bonchev–Trinajstić information content (AvgIpc) is 1.60. The van der Waals surface area contributed by atoms with Crippen molar-refractivity contribution in [3.63, 3.8) is 0 Å². The fraction of sp³-hybridized carbons (Fsp3) is 0.366. The second-order valence-corrected chi connectivity index (χ2v) is 37.6. The number of amides is 1. The minimum atomic E-state index is -4.49. The van der Waals surface area contributed by atoms with Crippen LogP contribution in [0.15, 0.2) is 162 Å². The van der Waals surface area contributed by atoms with E-state index in [9.17, 15) is 31.1 Å². The molecular formula is C101H112BBr2Cl2F6N21O8. The Bertz CT molecular complexity index is 7030. The molecule has 13 heterocycles. The van der Waals surface area contributed by atoms with Gasteiger partial charge in [0.15, 0.2) is 0 Å². The van der Waals surface area contributed by atoms with E-state index >= 15 is 0 Å². The highest BCUT2D eigenvalue weighted by Gasteiger charge is 2.52. The number of halogens is 10. The van der Waals surface area contributed by atoms with Gasteiger partial charge in [-0.2, -0.15) is 62.0 Å². The molecule has 9 aromatic heterocycles. The Morgan fingerprint density at radius 2 is 0.858 bits per heavy atom. The van der Waals surface area contributed by atoms with Crippen LogP contribution < -0.4 is 34.6 Å². The second kappa shape index (κ2) is 44.0. The Labute approximate surface area is 840 Å². The van der Waals surface area contributed by atoms with Crippen LogP contribution in [0.1, 0.15) is 168 Å². The summed E-state index contributed by atoms with van der Waals surface area (Å²) in [7, 11) is 6.20. The van der Waals surface area contributed by atoms with Gasteiger partial charge in [0.2, 0.25) is 11.2 Å². The molecule has 0 radical (unpaired) electrons. The van der Waals surface area contributed by atoms with Crippen molar-refractivity contribution in [1.82, 2.24) is 100 Å². The summed E-state index contributed by atoms with van der Waals surface area (Å²) in [5.74, 6) is 3.30. The highest BCUT2D eigenvalue weighted by Crippen LogP contribution is 2.45. The van der Waals surface area contributed by atoms with E-state index in [1.807, 2.05) is 111 Å². The van der Waals surface area contributed by atoms with Crippen LogP contribution in [0.5, 0.6) is 23.0 Å². The predicted molar refractivity (Wildman–Crippen MR) is 543 cm³/mol. The van der Waals surface area contributed by atoms with Gasteiger partial charge in [-0.05, 0) is 196 Å². The lowest BCUT2D eigenvalue weighted by Gasteiger charge is -2.32. The molecule has 20 rings (SSSR count). The monoisotopic (exact) mass is 2100 g/mol. The van der Waals surface area contributed by atoms with Gasteiger partial charge in [-0.1, -0.05) is 118 Å². The van der Waals surface area contributed by atoms with Crippen LogP contribution in [0, 0.1) is 0 Å². The third-order valence-corrected chi connectivity index (χ3v) is 27.2. The molecule has 5 N–H and O–H groups in total. The van der Waals surface area contributed by atoms with Crippen LogP contribution in [0.4, 0.5) is 37.1 Å². The number of rotatable bonds is 17. The van der Waals surface area contributed by atoms with Crippen molar-refractivity contribution in [2.45, 2.75) is 197 Å². The van der Waals surface area contributed by atoms with E-state index in [0.29, 0.717) is 50.7 Å². The molecule has 16 aromatic rings. The topological polar surface area (TPSA) is 320 Å². The zero-order chi connectivity index (χ0) is 100. The number of H-pyrrole nitrogens is 4. The van der Waals surface area contributed by atoms with E-state index in [1.54, 1.807) is 51.9 Å². The molecule has 4 aliphatic rings. The van der Waals surface area contributed by atoms with Gasteiger partial charge in [0.05, 0.1) is 128 Å². The second-order valence-electron chi connectivity index (χ2n) is 35.6. The molecule has 7 aromatic carbocycles. The summed E-state index contributed by atoms with van der Waals surface area (Å²) < 4.78 is 122. The maximum Gasteiger partial charge on any atom is 0.495 e. The Morgan fingerprint density at radius 3 is 1.30 bits per heavy atom. The summed E-state index contributed by atoms with van der Waals surface area (Å²) in [4.78, 5) is 30.6. The summed E-state index contributed by atoms with van der Waals surface area (Å²) in [5, 5.41) is 51.1. The first kappa shape index (κ1) is 104. The van der Waals surface area contributed by atoms with E-state index in [-0.39, 0.29) is 40.9 Å². The molecule has 40 heteroatoms. The zero-order valence-corrected chi connectivity index (χ0v) is 86.1. The highest BCUT2D eigenvalue weighted by atomic mass is 79.9. The molecule has 141 heavy (non-hydrogen) atoms. The van der Waals surface area contributed by atoms with Crippen molar-refractivity contribution in [3.8, 4) is 62.6 Å². The van der Waals surface area contributed by atoms with E-state index in [0.717, 1.165) is 209 Å². The minimum absolute atomic E-state index is 0. The van der Waals surface area contributed by atoms with Crippen LogP contribution >= 0.6 is 55.9 Å². The maximum absolute atomic E-state index is 13.1. The third-order valence-electron chi connectivity index (χ3n) is 25.5. The van der Waals surface area contributed by atoms with Gasteiger partial charge >= 0.3 is 25.6 Å². The third kappa shape index (κ3) is 22.0. The number of anilines is 1. The van der Waals surface area contributed by atoms with E-state index in [4.69, 9.17) is 59.9 Å². The number of ether oxygens (including phenoxy) is 5. The number of aromatic amines is 4.